The first-order valence-electron chi connectivity index (χ1n) is 9.32. The summed E-state index contributed by atoms with van der Waals surface area (Å²) in [5.74, 6) is 0.700. The molecule has 2 aromatic carbocycles. The van der Waals surface area contributed by atoms with Crippen LogP contribution < -0.4 is 5.56 Å². The first-order valence-corrected chi connectivity index (χ1v) is 10.1. The molecular formula is C23H23N3OS. The maximum Gasteiger partial charge on any atom is 0.259 e. The standard InChI is InChI=1S/C23H23N3OS/c1-15-9-10-18(16(2)11-15)13-26(3)14-21-24-22(27)19-12-20(28-23(19)25-21)17-7-5-4-6-8-17/h4-12H,13-14H2,1-3H3,(H,24,25,27). The first-order chi connectivity index (χ1) is 13.5. The smallest absolute Gasteiger partial charge is 0.259 e. The summed E-state index contributed by atoms with van der Waals surface area (Å²) in [6.07, 6.45) is 0. The Labute approximate surface area is 168 Å². The Morgan fingerprint density at radius 1 is 1.04 bits per heavy atom. The van der Waals surface area contributed by atoms with Gasteiger partial charge in [-0.25, -0.2) is 4.98 Å². The molecule has 0 aliphatic heterocycles. The zero-order valence-corrected chi connectivity index (χ0v) is 17.1. The quantitative estimate of drug-likeness (QED) is 0.528. The number of benzene rings is 2. The van der Waals surface area contributed by atoms with Crippen molar-refractivity contribution < 1.29 is 0 Å². The molecule has 2 heterocycles. The molecule has 0 spiro atoms. The van der Waals surface area contributed by atoms with Crippen LogP contribution in [-0.4, -0.2) is 21.9 Å². The number of nitrogens with one attached hydrogen (secondary N) is 1. The number of rotatable bonds is 5. The van der Waals surface area contributed by atoms with Crippen LogP contribution in [0.15, 0.2) is 59.4 Å². The SMILES string of the molecule is Cc1ccc(CN(C)Cc2nc3sc(-c4ccccc4)cc3c(=O)[nH]2)c(C)c1. The predicted molar refractivity (Wildman–Crippen MR) is 117 cm³/mol. The number of hydrogen-bond donors (Lipinski definition) is 1. The van der Waals surface area contributed by atoms with E-state index in [-0.39, 0.29) is 5.56 Å². The number of aromatic amines is 1. The van der Waals surface area contributed by atoms with Crippen molar-refractivity contribution in [2.45, 2.75) is 26.9 Å². The maximum absolute atomic E-state index is 12.6. The highest BCUT2D eigenvalue weighted by Crippen LogP contribution is 2.30. The molecule has 28 heavy (non-hydrogen) atoms. The monoisotopic (exact) mass is 389 g/mol. The molecule has 4 rings (SSSR count). The van der Waals surface area contributed by atoms with E-state index in [9.17, 15) is 4.79 Å². The van der Waals surface area contributed by atoms with Crippen molar-refractivity contribution >= 4 is 21.6 Å². The van der Waals surface area contributed by atoms with E-state index >= 15 is 0 Å². The number of nitrogens with zero attached hydrogens (tertiary/aromatic N) is 2. The molecule has 0 atom stereocenters. The summed E-state index contributed by atoms with van der Waals surface area (Å²) in [4.78, 5) is 24.3. The van der Waals surface area contributed by atoms with Gasteiger partial charge in [0.2, 0.25) is 0 Å². The lowest BCUT2D eigenvalue weighted by Gasteiger charge is -2.17. The summed E-state index contributed by atoms with van der Waals surface area (Å²) in [6, 6.07) is 18.6. The van der Waals surface area contributed by atoms with Gasteiger partial charge in [0, 0.05) is 11.4 Å². The minimum Gasteiger partial charge on any atom is -0.309 e. The van der Waals surface area contributed by atoms with Gasteiger partial charge in [-0.1, -0.05) is 54.1 Å². The molecule has 0 amide bonds. The van der Waals surface area contributed by atoms with E-state index in [1.807, 2.05) is 31.3 Å². The second-order valence-corrected chi connectivity index (χ2v) is 8.34. The van der Waals surface area contributed by atoms with E-state index in [0.717, 1.165) is 21.8 Å². The minimum atomic E-state index is -0.0710. The van der Waals surface area contributed by atoms with Crippen molar-refractivity contribution in [3.8, 4) is 10.4 Å². The van der Waals surface area contributed by atoms with Crippen LogP contribution in [0.1, 0.15) is 22.5 Å². The van der Waals surface area contributed by atoms with Crippen LogP contribution in [-0.2, 0) is 13.1 Å². The van der Waals surface area contributed by atoms with Crippen molar-refractivity contribution in [2.24, 2.45) is 0 Å². The lowest BCUT2D eigenvalue weighted by Crippen LogP contribution is -2.21. The van der Waals surface area contributed by atoms with Gasteiger partial charge in [0.1, 0.15) is 10.7 Å². The Morgan fingerprint density at radius 2 is 1.82 bits per heavy atom. The third-order valence-corrected chi connectivity index (χ3v) is 5.95. The van der Waals surface area contributed by atoms with Crippen LogP contribution in [0.25, 0.3) is 20.7 Å². The highest BCUT2D eigenvalue weighted by molar-refractivity contribution is 7.21. The molecule has 2 aromatic heterocycles. The molecule has 0 fully saturated rings. The topological polar surface area (TPSA) is 49.0 Å². The Balaban J connectivity index is 1.58. The Morgan fingerprint density at radius 3 is 2.57 bits per heavy atom. The zero-order valence-electron chi connectivity index (χ0n) is 16.3. The van der Waals surface area contributed by atoms with Crippen molar-refractivity contribution in [3.63, 3.8) is 0 Å². The van der Waals surface area contributed by atoms with E-state index in [1.165, 1.54) is 16.7 Å². The predicted octanol–water partition coefficient (Wildman–Crippen LogP) is 4.90. The van der Waals surface area contributed by atoms with Crippen molar-refractivity contribution in [3.05, 3.63) is 87.5 Å². The highest BCUT2D eigenvalue weighted by Gasteiger charge is 2.12. The largest absolute Gasteiger partial charge is 0.309 e. The number of thiophene rings is 1. The van der Waals surface area contributed by atoms with E-state index in [0.29, 0.717) is 17.8 Å². The average molecular weight is 390 g/mol. The van der Waals surface area contributed by atoms with Gasteiger partial charge in [-0.2, -0.15) is 0 Å². The second kappa shape index (κ2) is 7.70. The molecule has 1 N–H and O–H groups in total. The molecular weight excluding hydrogens is 366 g/mol. The molecule has 5 heteroatoms. The van der Waals surface area contributed by atoms with E-state index < -0.39 is 0 Å². The van der Waals surface area contributed by atoms with E-state index in [4.69, 9.17) is 4.98 Å². The molecule has 0 radical (unpaired) electrons. The van der Waals surface area contributed by atoms with Crippen molar-refractivity contribution in [1.29, 1.82) is 0 Å². The molecule has 0 saturated heterocycles. The first kappa shape index (κ1) is 18.6. The maximum atomic E-state index is 12.6. The van der Waals surface area contributed by atoms with Gasteiger partial charge >= 0.3 is 0 Å². The van der Waals surface area contributed by atoms with Crippen LogP contribution >= 0.6 is 11.3 Å². The van der Waals surface area contributed by atoms with Gasteiger partial charge in [-0.3, -0.25) is 9.69 Å². The summed E-state index contributed by atoms with van der Waals surface area (Å²) < 4.78 is 0. The van der Waals surface area contributed by atoms with E-state index in [2.05, 4.69) is 54.1 Å². The molecule has 142 valence electrons. The van der Waals surface area contributed by atoms with Gasteiger partial charge < -0.3 is 4.98 Å². The fourth-order valence-corrected chi connectivity index (χ4v) is 4.48. The molecule has 0 aliphatic carbocycles. The van der Waals surface area contributed by atoms with Gasteiger partial charge in [0.25, 0.3) is 5.56 Å². The average Bonchev–Trinajstić information content (AvgIpc) is 3.09. The van der Waals surface area contributed by atoms with Gasteiger partial charge in [0.05, 0.1) is 11.9 Å². The van der Waals surface area contributed by atoms with Crippen LogP contribution in [0, 0.1) is 13.8 Å². The van der Waals surface area contributed by atoms with Crippen LogP contribution in [0.3, 0.4) is 0 Å². The zero-order chi connectivity index (χ0) is 19.7. The molecule has 0 saturated carbocycles. The Hall–Kier alpha value is -2.76. The third-order valence-electron chi connectivity index (χ3n) is 4.87. The summed E-state index contributed by atoms with van der Waals surface area (Å²) in [5.41, 5.74) is 4.89. The summed E-state index contributed by atoms with van der Waals surface area (Å²) >= 11 is 1.56. The lowest BCUT2D eigenvalue weighted by atomic mass is 10.1. The summed E-state index contributed by atoms with van der Waals surface area (Å²) in [5, 5.41) is 0.657. The Bertz CT molecular complexity index is 1180. The summed E-state index contributed by atoms with van der Waals surface area (Å²) in [7, 11) is 2.05. The van der Waals surface area contributed by atoms with Crippen LogP contribution in [0.2, 0.25) is 0 Å². The summed E-state index contributed by atoms with van der Waals surface area (Å²) in [6.45, 7) is 5.65. The van der Waals surface area contributed by atoms with Crippen molar-refractivity contribution in [1.82, 2.24) is 14.9 Å². The van der Waals surface area contributed by atoms with Gasteiger partial charge in [-0.05, 0) is 43.7 Å². The number of H-pyrrole nitrogens is 1. The number of hydrogen-bond acceptors (Lipinski definition) is 4. The molecule has 0 aliphatic rings. The van der Waals surface area contributed by atoms with Gasteiger partial charge in [0.15, 0.2) is 0 Å². The highest BCUT2D eigenvalue weighted by atomic mass is 32.1. The minimum absolute atomic E-state index is 0.0710. The third kappa shape index (κ3) is 3.91. The Kier molecular flexibility index (Phi) is 5.11. The van der Waals surface area contributed by atoms with Crippen molar-refractivity contribution in [2.75, 3.05) is 7.05 Å². The van der Waals surface area contributed by atoms with Gasteiger partial charge in [-0.15, -0.1) is 11.3 Å². The fraction of sp³-hybridized carbons (Fsp3) is 0.217. The molecule has 4 nitrogen and oxygen atoms in total. The number of fused-ring (bicyclic) bond motifs is 1. The number of aromatic nitrogens is 2. The van der Waals surface area contributed by atoms with Crippen LogP contribution in [0.4, 0.5) is 0 Å². The molecule has 0 bridgehead atoms. The molecule has 0 unspecified atom stereocenters. The lowest BCUT2D eigenvalue weighted by molar-refractivity contribution is 0.310. The second-order valence-electron chi connectivity index (χ2n) is 7.31. The molecule has 4 aromatic rings. The fourth-order valence-electron chi connectivity index (χ4n) is 3.42. The van der Waals surface area contributed by atoms with Crippen LogP contribution in [0.5, 0.6) is 0 Å². The normalized spacial score (nSPS) is 11.4. The number of aryl methyl sites for hydroxylation is 2. The van der Waals surface area contributed by atoms with E-state index in [1.54, 1.807) is 11.3 Å².